The number of carbonyl (C=O) groups is 1. The molecule has 1 fully saturated rings. The largest absolute Gasteiger partial charge is 0.336 e. The van der Waals surface area contributed by atoms with Crippen molar-refractivity contribution >= 4 is 5.91 Å². The Balaban J connectivity index is 1.74. The standard InChI is InChI=1S/C18H24N4O/c1-12-7-8-19-10-16(12)11-21(4)18(23)17-9-13(2)22(20-17)14(3)15-5-6-15/h7-10,14-15H,5-6,11H2,1-4H3. The average Bonchev–Trinajstić information content (AvgIpc) is 3.30. The molecule has 122 valence electrons. The van der Waals surface area contributed by atoms with Crippen LogP contribution >= 0.6 is 0 Å². The van der Waals surface area contributed by atoms with E-state index >= 15 is 0 Å². The number of hydrogen-bond acceptors (Lipinski definition) is 3. The maximum atomic E-state index is 12.7. The van der Waals surface area contributed by atoms with Crippen LogP contribution in [0, 0.1) is 19.8 Å². The first-order valence-electron chi connectivity index (χ1n) is 8.18. The van der Waals surface area contributed by atoms with Crippen LogP contribution in [0.4, 0.5) is 0 Å². The lowest BCUT2D eigenvalue weighted by Gasteiger charge is -2.17. The van der Waals surface area contributed by atoms with Crippen molar-refractivity contribution in [3.05, 3.63) is 47.0 Å². The van der Waals surface area contributed by atoms with Crippen LogP contribution in [-0.2, 0) is 6.54 Å². The van der Waals surface area contributed by atoms with Gasteiger partial charge in [0.1, 0.15) is 0 Å². The van der Waals surface area contributed by atoms with Crippen LogP contribution in [0.25, 0.3) is 0 Å². The van der Waals surface area contributed by atoms with Gasteiger partial charge in [-0.05, 0) is 62.8 Å². The number of hydrogen-bond donors (Lipinski definition) is 0. The molecule has 0 radical (unpaired) electrons. The summed E-state index contributed by atoms with van der Waals surface area (Å²) in [6.45, 7) is 6.79. The maximum Gasteiger partial charge on any atom is 0.274 e. The first kappa shape index (κ1) is 15.7. The van der Waals surface area contributed by atoms with Gasteiger partial charge in [-0.2, -0.15) is 5.10 Å². The Morgan fingerprint density at radius 1 is 1.43 bits per heavy atom. The van der Waals surface area contributed by atoms with E-state index in [1.807, 2.05) is 43.9 Å². The minimum atomic E-state index is -0.0434. The van der Waals surface area contributed by atoms with Crippen molar-refractivity contribution in [2.45, 2.75) is 46.2 Å². The molecule has 2 aromatic rings. The maximum absolute atomic E-state index is 12.7. The molecule has 1 amide bonds. The van der Waals surface area contributed by atoms with E-state index in [9.17, 15) is 4.79 Å². The predicted octanol–water partition coefficient (Wildman–Crippen LogP) is 3.14. The smallest absolute Gasteiger partial charge is 0.274 e. The van der Waals surface area contributed by atoms with E-state index in [0.717, 1.165) is 16.8 Å². The molecule has 23 heavy (non-hydrogen) atoms. The summed E-state index contributed by atoms with van der Waals surface area (Å²) in [4.78, 5) is 18.5. The Morgan fingerprint density at radius 3 is 2.83 bits per heavy atom. The Hall–Kier alpha value is -2.17. The molecule has 0 saturated heterocycles. The van der Waals surface area contributed by atoms with Crippen LogP contribution in [0.2, 0.25) is 0 Å². The molecule has 1 saturated carbocycles. The van der Waals surface area contributed by atoms with Crippen molar-refractivity contribution in [2.75, 3.05) is 7.05 Å². The van der Waals surface area contributed by atoms with Gasteiger partial charge in [-0.1, -0.05) is 0 Å². The molecule has 1 aliphatic carbocycles. The highest BCUT2D eigenvalue weighted by Gasteiger charge is 2.31. The van der Waals surface area contributed by atoms with Crippen LogP contribution in [0.15, 0.2) is 24.5 Å². The molecule has 0 aromatic carbocycles. The molecule has 5 nitrogen and oxygen atoms in total. The van der Waals surface area contributed by atoms with Crippen LogP contribution in [0.3, 0.4) is 0 Å². The second-order valence-electron chi connectivity index (χ2n) is 6.66. The van der Waals surface area contributed by atoms with E-state index in [-0.39, 0.29) is 5.91 Å². The molecule has 0 spiro atoms. The molecule has 2 heterocycles. The summed E-state index contributed by atoms with van der Waals surface area (Å²) in [5, 5.41) is 4.57. The number of nitrogens with zero attached hydrogens (tertiary/aromatic N) is 4. The zero-order chi connectivity index (χ0) is 16.6. The molecule has 5 heteroatoms. The molecule has 1 unspecified atom stereocenters. The lowest BCUT2D eigenvalue weighted by Crippen LogP contribution is -2.27. The Kier molecular flexibility index (Phi) is 4.20. The average molecular weight is 312 g/mol. The number of aromatic nitrogens is 3. The molecule has 1 aliphatic rings. The van der Waals surface area contributed by atoms with E-state index in [1.54, 1.807) is 11.1 Å². The van der Waals surface area contributed by atoms with Gasteiger partial charge in [-0.25, -0.2) is 0 Å². The minimum Gasteiger partial charge on any atom is -0.336 e. The second-order valence-corrected chi connectivity index (χ2v) is 6.66. The van der Waals surface area contributed by atoms with Crippen molar-refractivity contribution < 1.29 is 4.79 Å². The summed E-state index contributed by atoms with van der Waals surface area (Å²) >= 11 is 0. The molecule has 1 atom stereocenters. The van der Waals surface area contributed by atoms with Crippen LogP contribution < -0.4 is 0 Å². The van der Waals surface area contributed by atoms with Gasteiger partial charge in [-0.3, -0.25) is 14.5 Å². The third-order valence-electron chi connectivity index (χ3n) is 4.73. The van der Waals surface area contributed by atoms with Gasteiger partial charge < -0.3 is 4.90 Å². The highest BCUT2D eigenvalue weighted by molar-refractivity contribution is 5.92. The summed E-state index contributed by atoms with van der Waals surface area (Å²) in [7, 11) is 1.81. The summed E-state index contributed by atoms with van der Waals surface area (Å²) in [6.07, 6.45) is 6.12. The summed E-state index contributed by atoms with van der Waals surface area (Å²) < 4.78 is 2.01. The van der Waals surface area contributed by atoms with Gasteiger partial charge >= 0.3 is 0 Å². The fraction of sp³-hybridized carbons (Fsp3) is 0.500. The van der Waals surface area contributed by atoms with Gasteiger partial charge in [0.15, 0.2) is 5.69 Å². The van der Waals surface area contributed by atoms with Crippen molar-refractivity contribution in [2.24, 2.45) is 5.92 Å². The highest BCUT2D eigenvalue weighted by atomic mass is 16.2. The molecule has 3 rings (SSSR count). The van der Waals surface area contributed by atoms with E-state index < -0.39 is 0 Å². The molecule has 0 aliphatic heterocycles. The monoisotopic (exact) mass is 312 g/mol. The van der Waals surface area contributed by atoms with E-state index in [2.05, 4.69) is 17.0 Å². The first-order valence-corrected chi connectivity index (χ1v) is 8.18. The zero-order valence-electron chi connectivity index (χ0n) is 14.3. The van der Waals surface area contributed by atoms with Gasteiger partial charge in [0.05, 0.1) is 6.04 Å². The number of pyridine rings is 1. The fourth-order valence-corrected chi connectivity index (χ4v) is 2.97. The van der Waals surface area contributed by atoms with Crippen molar-refractivity contribution in [3.63, 3.8) is 0 Å². The summed E-state index contributed by atoms with van der Waals surface area (Å²) in [6, 6.07) is 4.24. The minimum absolute atomic E-state index is 0.0434. The molecular formula is C18H24N4O. The third kappa shape index (κ3) is 3.28. The van der Waals surface area contributed by atoms with Crippen LogP contribution in [0.1, 0.15) is 53.1 Å². The Bertz CT molecular complexity index is 718. The van der Waals surface area contributed by atoms with Gasteiger partial charge in [0, 0.05) is 31.7 Å². The third-order valence-corrected chi connectivity index (χ3v) is 4.73. The lowest BCUT2D eigenvalue weighted by atomic mass is 10.1. The van der Waals surface area contributed by atoms with Crippen molar-refractivity contribution in [1.82, 2.24) is 19.7 Å². The van der Waals surface area contributed by atoms with E-state index in [1.165, 1.54) is 12.8 Å². The second kappa shape index (κ2) is 6.14. The number of amides is 1. The molecule has 0 bridgehead atoms. The lowest BCUT2D eigenvalue weighted by molar-refractivity contribution is 0.0777. The van der Waals surface area contributed by atoms with Gasteiger partial charge in [0.25, 0.3) is 5.91 Å². The van der Waals surface area contributed by atoms with Crippen LogP contribution in [0.5, 0.6) is 0 Å². The van der Waals surface area contributed by atoms with Gasteiger partial charge in [0.2, 0.25) is 0 Å². The summed E-state index contributed by atoms with van der Waals surface area (Å²) in [5.74, 6) is 0.672. The Morgan fingerprint density at radius 2 is 2.17 bits per heavy atom. The van der Waals surface area contributed by atoms with E-state index in [4.69, 9.17) is 0 Å². The fourth-order valence-electron chi connectivity index (χ4n) is 2.97. The number of rotatable bonds is 5. The van der Waals surface area contributed by atoms with Crippen molar-refractivity contribution in [1.29, 1.82) is 0 Å². The molecule has 0 N–H and O–H groups in total. The molecule has 2 aromatic heterocycles. The predicted molar refractivity (Wildman–Crippen MR) is 89.2 cm³/mol. The molecular weight excluding hydrogens is 288 g/mol. The first-order chi connectivity index (χ1) is 11.0. The van der Waals surface area contributed by atoms with E-state index in [0.29, 0.717) is 24.2 Å². The Labute approximate surface area is 137 Å². The van der Waals surface area contributed by atoms with Crippen LogP contribution in [-0.4, -0.2) is 32.6 Å². The highest BCUT2D eigenvalue weighted by Crippen LogP contribution is 2.39. The zero-order valence-corrected chi connectivity index (χ0v) is 14.3. The van der Waals surface area contributed by atoms with Gasteiger partial charge in [-0.15, -0.1) is 0 Å². The normalized spacial score (nSPS) is 15.5. The number of carbonyl (C=O) groups excluding carboxylic acids is 1. The summed E-state index contributed by atoms with van der Waals surface area (Å²) in [5.41, 5.74) is 3.78. The SMILES string of the molecule is Cc1ccncc1CN(C)C(=O)c1cc(C)n(C(C)C2CC2)n1. The van der Waals surface area contributed by atoms with Crippen molar-refractivity contribution in [3.8, 4) is 0 Å². The topological polar surface area (TPSA) is 51.0 Å². The number of aryl methyl sites for hydroxylation is 2. The quantitative estimate of drug-likeness (QED) is 0.852.